The van der Waals surface area contributed by atoms with Gasteiger partial charge in [-0.2, -0.15) is 0 Å². The highest BCUT2D eigenvalue weighted by Crippen LogP contribution is 2.32. The summed E-state index contributed by atoms with van der Waals surface area (Å²) in [6, 6.07) is 13.9. The normalized spacial score (nSPS) is 12.0. The maximum Gasteiger partial charge on any atom is 0.133 e. The van der Waals surface area contributed by atoms with E-state index < -0.39 is 0 Å². The van der Waals surface area contributed by atoms with Crippen LogP contribution in [-0.4, -0.2) is 13.7 Å². The van der Waals surface area contributed by atoms with E-state index in [9.17, 15) is 0 Å². The van der Waals surface area contributed by atoms with E-state index >= 15 is 0 Å². The van der Waals surface area contributed by atoms with Crippen LogP contribution in [0.25, 0.3) is 0 Å². The van der Waals surface area contributed by atoms with Gasteiger partial charge in [0.1, 0.15) is 17.2 Å². The summed E-state index contributed by atoms with van der Waals surface area (Å²) in [5.41, 5.74) is 1.14. The third-order valence-corrected chi connectivity index (χ3v) is 3.73. The first kappa shape index (κ1) is 15.9. The molecule has 4 heteroatoms. The second kappa shape index (κ2) is 7.48. The van der Waals surface area contributed by atoms with Gasteiger partial charge in [-0.1, -0.05) is 28.9 Å². The Morgan fingerprint density at radius 2 is 1.76 bits per heavy atom. The lowest BCUT2D eigenvalue weighted by Crippen LogP contribution is -2.18. The molecular formula is C17H20BrNO2. The van der Waals surface area contributed by atoms with E-state index in [1.54, 1.807) is 7.11 Å². The Morgan fingerprint density at radius 1 is 1.10 bits per heavy atom. The molecule has 0 amide bonds. The number of hydrogen-bond donors (Lipinski definition) is 1. The zero-order valence-electron chi connectivity index (χ0n) is 12.5. The highest BCUT2D eigenvalue weighted by Gasteiger charge is 2.12. The van der Waals surface area contributed by atoms with Crippen LogP contribution in [0.15, 0.2) is 46.9 Å². The Morgan fingerprint density at radius 3 is 2.38 bits per heavy atom. The number of ether oxygens (including phenoxy) is 2. The quantitative estimate of drug-likeness (QED) is 0.802. The molecule has 0 heterocycles. The molecule has 1 atom stereocenters. The van der Waals surface area contributed by atoms with Crippen molar-refractivity contribution < 1.29 is 9.47 Å². The van der Waals surface area contributed by atoms with E-state index in [2.05, 4.69) is 41.2 Å². The number of halogens is 1. The highest BCUT2D eigenvalue weighted by atomic mass is 79.9. The van der Waals surface area contributed by atoms with Gasteiger partial charge < -0.3 is 14.8 Å². The van der Waals surface area contributed by atoms with Crippen LogP contribution in [0.3, 0.4) is 0 Å². The van der Waals surface area contributed by atoms with Crippen molar-refractivity contribution in [2.24, 2.45) is 0 Å². The number of benzene rings is 2. The maximum absolute atomic E-state index is 6.03. The van der Waals surface area contributed by atoms with Gasteiger partial charge in [-0.15, -0.1) is 0 Å². The van der Waals surface area contributed by atoms with Crippen molar-refractivity contribution in [1.29, 1.82) is 0 Å². The minimum absolute atomic E-state index is 0.233. The first-order valence-electron chi connectivity index (χ1n) is 6.98. The zero-order valence-corrected chi connectivity index (χ0v) is 14.1. The summed E-state index contributed by atoms with van der Waals surface area (Å²) in [7, 11) is 1.65. The fourth-order valence-electron chi connectivity index (χ4n) is 2.14. The standard InChI is InChI=1S/C17H20BrNO2/c1-4-19-12(2)16-10-5-13(18)11-17(16)21-15-8-6-14(20-3)7-9-15/h5-12,19H,4H2,1-3H3. The van der Waals surface area contributed by atoms with E-state index in [1.807, 2.05) is 36.4 Å². The Balaban J connectivity index is 2.26. The summed E-state index contributed by atoms with van der Waals surface area (Å²) in [6.07, 6.45) is 0. The molecule has 0 bridgehead atoms. The van der Waals surface area contributed by atoms with Crippen molar-refractivity contribution in [2.75, 3.05) is 13.7 Å². The molecule has 0 aliphatic carbocycles. The topological polar surface area (TPSA) is 30.5 Å². The van der Waals surface area contributed by atoms with Gasteiger partial charge in [0.05, 0.1) is 7.11 Å². The van der Waals surface area contributed by atoms with Gasteiger partial charge in [-0.3, -0.25) is 0 Å². The maximum atomic E-state index is 6.03. The van der Waals surface area contributed by atoms with Crippen LogP contribution in [0.4, 0.5) is 0 Å². The van der Waals surface area contributed by atoms with Crippen LogP contribution in [0.1, 0.15) is 25.5 Å². The van der Waals surface area contributed by atoms with Crippen molar-refractivity contribution >= 4 is 15.9 Å². The monoisotopic (exact) mass is 349 g/mol. The van der Waals surface area contributed by atoms with E-state index in [0.29, 0.717) is 0 Å². The molecule has 0 aliphatic heterocycles. The number of hydrogen-bond acceptors (Lipinski definition) is 3. The predicted octanol–water partition coefficient (Wildman–Crippen LogP) is 4.92. The van der Waals surface area contributed by atoms with Crippen molar-refractivity contribution in [3.8, 4) is 17.2 Å². The van der Waals surface area contributed by atoms with E-state index in [0.717, 1.165) is 33.8 Å². The summed E-state index contributed by atoms with van der Waals surface area (Å²) < 4.78 is 12.2. The lowest BCUT2D eigenvalue weighted by atomic mass is 10.1. The fraction of sp³-hybridized carbons (Fsp3) is 0.294. The molecule has 1 N–H and O–H groups in total. The summed E-state index contributed by atoms with van der Waals surface area (Å²) in [6.45, 7) is 5.15. The summed E-state index contributed by atoms with van der Waals surface area (Å²) in [5, 5.41) is 3.41. The number of nitrogens with one attached hydrogen (secondary N) is 1. The molecule has 1 unspecified atom stereocenters. The molecule has 2 aromatic carbocycles. The third kappa shape index (κ3) is 4.22. The smallest absolute Gasteiger partial charge is 0.133 e. The summed E-state index contributed by atoms with van der Waals surface area (Å²) >= 11 is 3.50. The molecule has 0 spiro atoms. The minimum atomic E-state index is 0.233. The second-order valence-electron chi connectivity index (χ2n) is 4.74. The van der Waals surface area contributed by atoms with Gasteiger partial charge in [-0.25, -0.2) is 0 Å². The van der Waals surface area contributed by atoms with Crippen LogP contribution < -0.4 is 14.8 Å². The van der Waals surface area contributed by atoms with E-state index in [1.165, 1.54) is 0 Å². The fourth-order valence-corrected chi connectivity index (χ4v) is 2.48. The molecule has 112 valence electrons. The Hall–Kier alpha value is -1.52. The molecule has 0 saturated carbocycles. The van der Waals surface area contributed by atoms with Gasteiger partial charge in [0, 0.05) is 16.1 Å². The van der Waals surface area contributed by atoms with Gasteiger partial charge in [0.25, 0.3) is 0 Å². The Bertz CT molecular complexity index is 584. The summed E-state index contributed by atoms with van der Waals surface area (Å²) in [4.78, 5) is 0. The molecule has 2 aromatic rings. The van der Waals surface area contributed by atoms with Crippen molar-refractivity contribution in [3.63, 3.8) is 0 Å². The van der Waals surface area contributed by atoms with E-state index in [4.69, 9.17) is 9.47 Å². The van der Waals surface area contributed by atoms with Gasteiger partial charge in [-0.05, 0) is 49.9 Å². The molecule has 21 heavy (non-hydrogen) atoms. The average Bonchev–Trinajstić information content (AvgIpc) is 2.48. The third-order valence-electron chi connectivity index (χ3n) is 3.24. The molecule has 2 rings (SSSR count). The first-order valence-corrected chi connectivity index (χ1v) is 7.78. The van der Waals surface area contributed by atoms with E-state index in [-0.39, 0.29) is 6.04 Å². The molecule has 0 fully saturated rings. The number of rotatable bonds is 6. The highest BCUT2D eigenvalue weighted by molar-refractivity contribution is 9.10. The van der Waals surface area contributed by atoms with Crippen LogP contribution >= 0.6 is 15.9 Å². The van der Waals surface area contributed by atoms with Crippen LogP contribution in [0, 0.1) is 0 Å². The Labute approximate surface area is 134 Å². The van der Waals surface area contributed by atoms with Gasteiger partial charge in [0.2, 0.25) is 0 Å². The Kier molecular flexibility index (Phi) is 5.65. The van der Waals surface area contributed by atoms with Crippen molar-refractivity contribution in [2.45, 2.75) is 19.9 Å². The molecule has 0 aromatic heterocycles. The molecule has 0 radical (unpaired) electrons. The van der Waals surface area contributed by atoms with Crippen molar-refractivity contribution in [1.82, 2.24) is 5.32 Å². The minimum Gasteiger partial charge on any atom is -0.497 e. The molecule has 0 aliphatic rings. The first-order chi connectivity index (χ1) is 10.1. The van der Waals surface area contributed by atoms with Crippen LogP contribution in [-0.2, 0) is 0 Å². The predicted molar refractivity (Wildman–Crippen MR) is 89.3 cm³/mol. The SMILES string of the molecule is CCNC(C)c1ccc(Br)cc1Oc1ccc(OC)cc1. The largest absolute Gasteiger partial charge is 0.497 e. The molecular weight excluding hydrogens is 330 g/mol. The molecule has 0 saturated heterocycles. The van der Waals surface area contributed by atoms with Crippen molar-refractivity contribution in [3.05, 3.63) is 52.5 Å². The van der Waals surface area contributed by atoms with Gasteiger partial charge in [0.15, 0.2) is 0 Å². The van der Waals surface area contributed by atoms with Crippen LogP contribution in [0.5, 0.6) is 17.2 Å². The van der Waals surface area contributed by atoms with Gasteiger partial charge >= 0.3 is 0 Å². The second-order valence-corrected chi connectivity index (χ2v) is 5.65. The zero-order chi connectivity index (χ0) is 15.2. The summed E-state index contributed by atoms with van der Waals surface area (Å²) in [5.74, 6) is 2.46. The average molecular weight is 350 g/mol. The molecule has 3 nitrogen and oxygen atoms in total. The lowest BCUT2D eigenvalue weighted by molar-refractivity contribution is 0.412. The van der Waals surface area contributed by atoms with Crippen LogP contribution in [0.2, 0.25) is 0 Å². The number of methoxy groups -OCH3 is 1. The lowest BCUT2D eigenvalue weighted by Gasteiger charge is -2.18.